The minimum absolute atomic E-state index is 0.0788. The lowest BCUT2D eigenvalue weighted by Gasteiger charge is -2.31. The molecule has 6 rings (SSSR count). The van der Waals surface area contributed by atoms with Crippen LogP contribution in [0.1, 0.15) is 22.7 Å². The van der Waals surface area contributed by atoms with Gasteiger partial charge in [-0.15, -0.1) is 0 Å². The van der Waals surface area contributed by atoms with Crippen molar-refractivity contribution in [2.75, 3.05) is 12.0 Å². The predicted molar refractivity (Wildman–Crippen MR) is 136 cm³/mol. The molecule has 0 atom stereocenters. The highest BCUT2D eigenvalue weighted by Gasteiger charge is 2.36. The van der Waals surface area contributed by atoms with Gasteiger partial charge in [0.2, 0.25) is 5.91 Å². The minimum atomic E-state index is -0.526. The molecule has 7 heteroatoms. The summed E-state index contributed by atoms with van der Waals surface area (Å²) in [6.07, 6.45) is 1.74. The van der Waals surface area contributed by atoms with Gasteiger partial charge in [0, 0.05) is 17.3 Å². The molecule has 0 unspecified atom stereocenters. The van der Waals surface area contributed by atoms with E-state index in [0.717, 1.165) is 32.8 Å². The Morgan fingerprint density at radius 2 is 1.69 bits per heavy atom. The molecule has 0 fully saturated rings. The maximum atomic E-state index is 14.4. The van der Waals surface area contributed by atoms with Crippen LogP contribution in [0.25, 0.3) is 10.2 Å². The van der Waals surface area contributed by atoms with Crippen molar-refractivity contribution in [2.45, 2.75) is 12.5 Å². The number of rotatable bonds is 5. The second kappa shape index (κ2) is 8.85. The average molecular weight is 480 g/mol. The van der Waals surface area contributed by atoms with E-state index in [0.29, 0.717) is 23.2 Å². The molecular formula is C28H21N3O3S. The maximum absolute atomic E-state index is 14.4. The van der Waals surface area contributed by atoms with Crippen molar-refractivity contribution in [1.29, 1.82) is 0 Å². The number of carbonyl (C=O) groups is 1. The number of anilines is 1. The molecule has 0 radical (unpaired) electrons. The van der Waals surface area contributed by atoms with Crippen molar-refractivity contribution in [2.24, 2.45) is 0 Å². The first-order valence-electron chi connectivity index (χ1n) is 11.2. The number of hydrogen-bond donors (Lipinski definition) is 0. The number of pyridine rings is 1. The zero-order valence-corrected chi connectivity index (χ0v) is 19.7. The largest absolute Gasteiger partial charge is 0.497 e. The van der Waals surface area contributed by atoms with E-state index in [1.54, 1.807) is 18.2 Å². The molecule has 3 aromatic carbocycles. The number of carbonyl (C=O) groups excluding carboxylic acids is 1. The van der Waals surface area contributed by atoms with Crippen LogP contribution in [0.4, 0.5) is 5.13 Å². The summed E-state index contributed by atoms with van der Waals surface area (Å²) in [5.74, 6) is 1.53. The Bertz CT molecular complexity index is 1490. The van der Waals surface area contributed by atoms with E-state index in [1.165, 1.54) is 11.3 Å². The number of nitrogens with zero attached hydrogens (tertiary/aromatic N) is 3. The zero-order chi connectivity index (χ0) is 23.8. The van der Waals surface area contributed by atoms with Crippen molar-refractivity contribution in [3.8, 4) is 17.2 Å². The van der Waals surface area contributed by atoms with Crippen molar-refractivity contribution in [3.05, 3.63) is 108 Å². The van der Waals surface area contributed by atoms with Crippen LogP contribution >= 0.6 is 11.3 Å². The molecule has 1 aliphatic heterocycles. The lowest BCUT2D eigenvalue weighted by Crippen LogP contribution is -2.36. The van der Waals surface area contributed by atoms with Crippen molar-refractivity contribution in [1.82, 2.24) is 9.97 Å². The molecule has 6 nitrogen and oxygen atoms in total. The molecule has 35 heavy (non-hydrogen) atoms. The van der Waals surface area contributed by atoms with Gasteiger partial charge in [-0.1, -0.05) is 53.8 Å². The number of methoxy groups -OCH3 is 1. The number of benzene rings is 3. The Morgan fingerprint density at radius 3 is 2.37 bits per heavy atom. The van der Waals surface area contributed by atoms with Crippen LogP contribution in [0.5, 0.6) is 17.2 Å². The van der Waals surface area contributed by atoms with E-state index in [4.69, 9.17) is 14.5 Å². The quantitative estimate of drug-likeness (QED) is 0.302. The molecule has 2 aromatic heterocycles. The monoisotopic (exact) mass is 479 g/mol. The van der Waals surface area contributed by atoms with Gasteiger partial charge in [0.15, 0.2) is 5.13 Å². The van der Waals surface area contributed by atoms with Crippen LogP contribution in [-0.4, -0.2) is 23.0 Å². The third-order valence-electron chi connectivity index (χ3n) is 6.05. The van der Waals surface area contributed by atoms with Crippen molar-refractivity contribution < 1.29 is 14.3 Å². The first-order valence-corrected chi connectivity index (χ1v) is 12.0. The number of amides is 1. The molecule has 1 amide bonds. The van der Waals surface area contributed by atoms with Crippen LogP contribution in [0, 0.1) is 0 Å². The summed E-state index contributed by atoms with van der Waals surface area (Å²) < 4.78 is 12.5. The van der Waals surface area contributed by atoms with Gasteiger partial charge in [-0.2, -0.15) is 0 Å². The molecule has 5 aromatic rings. The Kier molecular flexibility index (Phi) is 5.39. The number of thiazole rings is 1. The van der Waals surface area contributed by atoms with E-state index >= 15 is 0 Å². The van der Waals surface area contributed by atoms with Crippen LogP contribution in [0.3, 0.4) is 0 Å². The Hall–Kier alpha value is -4.23. The first kappa shape index (κ1) is 21.3. The fraction of sp³-hybridized carbons (Fsp3) is 0.107. The Labute approximate surface area is 206 Å². The van der Waals surface area contributed by atoms with Gasteiger partial charge in [-0.05, 0) is 42.5 Å². The highest BCUT2D eigenvalue weighted by molar-refractivity contribution is 7.22. The number of para-hydroxylation sites is 2. The smallest absolute Gasteiger partial charge is 0.241 e. The molecule has 1 aliphatic rings. The summed E-state index contributed by atoms with van der Waals surface area (Å²) in [5.41, 5.74) is 3.28. The summed E-state index contributed by atoms with van der Waals surface area (Å²) in [5, 5.41) is 0.616. The van der Waals surface area contributed by atoms with E-state index in [9.17, 15) is 4.79 Å². The molecule has 0 spiro atoms. The van der Waals surface area contributed by atoms with Crippen molar-refractivity contribution in [3.63, 3.8) is 0 Å². The second-order valence-electron chi connectivity index (χ2n) is 8.19. The lowest BCUT2D eigenvalue weighted by molar-refractivity contribution is -0.119. The normalized spacial score (nSPS) is 12.5. The fourth-order valence-corrected chi connectivity index (χ4v) is 5.36. The molecule has 0 N–H and O–H groups in total. The van der Waals surface area contributed by atoms with Gasteiger partial charge in [0.25, 0.3) is 0 Å². The summed E-state index contributed by atoms with van der Waals surface area (Å²) in [4.78, 5) is 25.5. The standard InChI is InChI=1S/C28H21N3O3S/c1-33-19-13-14-22-25(16-19)35-28(30-22)31(17-18-8-6-7-15-29-18)27(32)26-20-9-2-4-11-23(20)34-24-12-5-3-10-21(24)26/h2-16,26H,17H2,1H3. The van der Waals surface area contributed by atoms with E-state index in [1.807, 2.05) is 84.9 Å². The topological polar surface area (TPSA) is 64.5 Å². The average Bonchev–Trinajstić information content (AvgIpc) is 3.33. The number of fused-ring (bicyclic) bond motifs is 3. The van der Waals surface area contributed by atoms with Crippen molar-refractivity contribution >= 4 is 32.6 Å². The Balaban J connectivity index is 1.49. The third kappa shape index (κ3) is 3.90. The molecule has 0 aliphatic carbocycles. The van der Waals surface area contributed by atoms with Gasteiger partial charge >= 0.3 is 0 Å². The van der Waals surface area contributed by atoms with Gasteiger partial charge in [-0.25, -0.2) is 4.98 Å². The third-order valence-corrected chi connectivity index (χ3v) is 7.10. The summed E-state index contributed by atoms with van der Waals surface area (Å²) >= 11 is 1.46. The second-order valence-corrected chi connectivity index (χ2v) is 9.20. The highest BCUT2D eigenvalue weighted by Crippen LogP contribution is 2.45. The van der Waals surface area contributed by atoms with Crippen LogP contribution in [0.2, 0.25) is 0 Å². The lowest BCUT2D eigenvalue weighted by atomic mass is 9.87. The number of ether oxygens (including phenoxy) is 2. The SMILES string of the molecule is COc1ccc2nc(N(Cc3ccccn3)C(=O)C3c4ccccc4Oc4ccccc43)sc2c1. The molecule has 172 valence electrons. The molecular weight excluding hydrogens is 458 g/mol. The van der Waals surface area contributed by atoms with Gasteiger partial charge in [-0.3, -0.25) is 14.7 Å². The van der Waals surface area contributed by atoms with E-state index in [2.05, 4.69) is 4.98 Å². The summed E-state index contributed by atoms with van der Waals surface area (Å²) in [6.45, 7) is 0.304. The summed E-state index contributed by atoms with van der Waals surface area (Å²) in [7, 11) is 1.64. The fourth-order valence-electron chi connectivity index (χ4n) is 4.36. The first-order chi connectivity index (χ1) is 17.2. The molecule has 3 heterocycles. The van der Waals surface area contributed by atoms with Gasteiger partial charge < -0.3 is 9.47 Å². The highest BCUT2D eigenvalue weighted by atomic mass is 32.1. The predicted octanol–water partition coefficient (Wildman–Crippen LogP) is 6.17. The Morgan fingerprint density at radius 1 is 0.971 bits per heavy atom. The maximum Gasteiger partial charge on any atom is 0.241 e. The van der Waals surface area contributed by atoms with E-state index in [-0.39, 0.29) is 5.91 Å². The molecule has 0 bridgehead atoms. The van der Waals surface area contributed by atoms with Crippen LogP contribution in [-0.2, 0) is 11.3 Å². The summed E-state index contributed by atoms with van der Waals surface area (Å²) in [6, 6.07) is 26.9. The minimum Gasteiger partial charge on any atom is -0.497 e. The molecule has 0 saturated carbocycles. The van der Waals surface area contributed by atoms with Crippen LogP contribution in [0.15, 0.2) is 91.1 Å². The van der Waals surface area contributed by atoms with E-state index < -0.39 is 5.92 Å². The van der Waals surface area contributed by atoms with Gasteiger partial charge in [0.05, 0.1) is 35.5 Å². The number of aromatic nitrogens is 2. The number of hydrogen-bond acceptors (Lipinski definition) is 6. The van der Waals surface area contributed by atoms with Gasteiger partial charge in [0.1, 0.15) is 17.2 Å². The zero-order valence-electron chi connectivity index (χ0n) is 18.9. The van der Waals surface area contributed by atoms with Crippen LogP contribution < -0.4 is 14.4 Å². The molecule has 0 saturated heterocycles.